The summed E-state index contributed by atoms with van der Waals surface area (Å²) in [5.74, 6) is -0.165. The zero-order valence-corrected chi connectivity index (χ0v) is 12.6. The van der Waals surface area contributed by atoms with E-state index in [2.05, 4.69) is 26.2 Å². The molecular weight excluding hydrogens is 328 g/mol. The van der Waals surface area contributed by atoms with E-state index in [0.29, 0.717) is 10.6 Å². The number of carbonyl (C=O) groups is 1. The SMILES string of the molecule is CC(NC(=O)c1cncc(Br)c1)c1cccc(Cl)c1. The highest BCUT2D eigenvalue weighted by Gasteiger charge is 2.12. The lowest BCUT2D eigenvalue weighted by Crippen LogP contribution is -2.26. The van der Waals surface area contributed by atoms with E-state index < -0.39 is 0 Å². The van der Waals surface area contributed by atoms with Crippen molar-refractivity contribution in [3.05, 3.63) is 63.3 Å². The Morgan fingerprint density at radius 3 is 2.84 bits per heavy atom. The van der Waals surface area contributed by atoms with Gasteiger partial charge >= 0.3 is 0 Å². The molecule has 0 bridgehead atoms. The van der Waals surface area contributed by atoms with Gasteiger partial charge in [0.15, 0.2) is 0 Å². The van der Waals surface area contributed by atoms with Crippen molar-refractivity contribution in [3.8, 4) is 0 Å². The summed E-state index contributed by atoms with van der Waals surface area (Å²) in [6, 6.07) is 9.04. The van der Waals surface area contributed by atoms with Crippen molar-refractivity contribution in [2.75, 3.05) is 0 Å². The Hall–Kier alpha value is -1.39. The molecule has 1 aromatic carbocycles. The zero-order valence-electron chi connectivity index (χ0n) is 10.2. The first kappa shape index (κ1) is 14.0. The van der Waals surface area contributed by atoms with Crippen LogP contribution in [0.2, 0.25) is 5.02 Å². The van der Waals surface area contributed by atoms with Gasteiger partial charge in [-0.05, 0) is 46.6 Å². The molecule has 0 aliphatic heterocycles. The van der Waals surface area contributed by atoms with Gasteiger partial charge in [0.05, 0.1) is 11.6 Å². The summed E-state index contributed by atoms with van der Waals surface area (Å²) in [5, 5.41) is 3.56. The molecule has 0 fully saturated rings. The molecule has 1 atom stereocenters. The summed E-state index contributed by atoms with van der Waals surface area (Å²) < 4.78 is 0.774. The van der Waals surface area contributed by atoms with Crippen LogP contribution >= 0.6 is 27.5 Å². The van der Waals surface area contributed by atoms with Crippen molar-refractivity contribution in [1.82, 2.24) is 10.3 Å². The van der Waals surface area contributed by atoms with E-state index in [-0.39, 0.29) is 11.9 Å². The second-order valence-electron chi connectivity index (χ2n) is 4.14. The average Bonchev–Trinajstić information content (AvgIpc) is 2.38. The van der Waals surface area contributed by atoms with Crippen LogP contribution in [0.25, 0.3) is 0 Å². The Morgan fingerprint density at radius 1 is 1.37 bits per heavy atom. The summed E-state index contributed by atoms with van der Waals surface area (Å²) in [7, 11) is 0. The number of benzene rings is 1. The number of nitrogens with one attached hydrogen (secondary N) is 1. The molecular formula is C14H12BrClN2O. The lowest BCUT2D eigenvalue weighted by molar-refractivity contribution is 0.0939. The van der Waals surface area contributed by atoms with Crippen LogP contribution in [-0.2, 0) is 0 Å². The standard InChI is InChI=1S/C14H12BrClN2O/c1-9(10-3-2-4-13(16)6-10)18-14(19)11-5-12(15)8-17-7-11/h2-9H,1H3,(H,18,19). The van der Waals surface area contributed by atoms with Crippen molar-refractivity contribution >= 4 is 33.4 Å². The molecule has 1 unspecified atom stereocenters. The molecule has 2 aromatic rings. The van der Waals surface area contributed by atoms with Gasteiger partial charge in [-0.25, -0.2) is 0 Å². The lowest BCUT2D eigenvalue weighted by atomic mass is 10.1. The number of pyridine rings is 1. The Labute approximate surface area is 125 Å². The molecule has 1 amide bonds. The minimum atomic E-state index is -0.165. The molecule has 0 saturated carbocycles. The summed E-state index contributed by atoms with van der Waals surface area (Å²) in [6.07, 6.45) is 3.17. The highest BCUT2D eigenvalue weighted by Crippen LogP contribution is 2.18. The van der Waals surface area contributed by atoms with Gasteiger partial charge in [0.1, 0.15) is 0 Å². The smallest absolute Gasteiger partial charge is 0.253 e. The summed E-state index contributed by atoms with van der Waals surface area (Å²) in [6.45, 7) is 1.91. The lowest BCUT2D eigenvalue weighted by Gasteiger charge is -2.14. The Bertz CT molecular complexity index is 604. The predicted octanol–water partition coefficient (Wildman–Crippen LogP) is 3.99. The van der Waals surface area contributed by atoms with E-state index in [0.717, 1.165) is 10.0 Å². The molecule has 2 rings (SSSR count). The first-order chi connectivity index (χ1) is 9.06. The van der Waals surface area contributed by atoms with Gasteiger partial charge in [0.2, 0.25) is 0 Å². The maximum atomic E-state index is 12.1. The molecule has 1 heterocycles. The molecule has 1 N–H and O–H groups in total. The number of hydrogen-bond donors (Lipinski definition) is 1. The first-order valence-electron chi connectivity index (χ1n) is 5.73. The number of nitrogens with zero attached hydrogens (tertiary/aromatic N) is 1. The summed E-state index contributed by atoms with van der Waals surface area (Å²) >= 11 is 9.23. The summed E-state index contributed by atoms with van der Waals surface area (Å²) in [4.78, 5) is 16.0. The maximum Gasteiger partial charge on any atom is 0.253 e. The van der Waals surface area contributed by atoms with Crippen LogP contribution in [0.15, 0.2) is 47.2 Å². The molecule has 5 heteroatoms. The maximum absolute atomic E-state index is 12.1. The number of amides is 1. The molecule has 1 aromatic heterocycles. The van der Waals surface area contributed by atoms with Gasteiger partial charge in [-0.3, -0.25) is 9.78 Å². The number of aromatic nitrogens is 1. The van der Waals surface area contributed by atoms with E-state index in [1.807, 2.05) is 25.1 Å². The molecule has 98 valence electrons. The first-order valence-corrected chi connectivity index (χ1v) is 6.90. The van der Waals surface area contributed by atoms with Gasteiger partial charge < -0.3 is 5.32 Å². The third-order valence-corrected chi connectivity index (χ3v) is 3.33. The van der Waals surface area contributed by atoms with Gasteiger partial charge in [0, 0.05) is 21.9 Å². The van der Waals surface area contributed by atoms with Gasteiger partial charge in [0.25, 0.3) is 5.91 Å². The fraction of sp³-hybridized carbons (Fsp3) is 0.143. The van der Waals surface area contributed by atoms with E-state index >= 15 is 0 Å². The summed E-state index contributed by atoms with van der Waals surface area (Å²) in [5.41, 5.74) is 1.48. The fourth-order valence-corrected chi connectivity index (χ4v) is 2.24. The van der Waals surface area contributed by atoms with Crippen LogP contribution in [0.5, 0.6) is 0 Å². The van der Waals surface area contributed by atoms with E-state index in [4.69, 9.17) is 11.6 Å². The van der Waals surface area contributed by atoms with Crippen LogP contribution in [0.1, 0.15) is 28.9 Å². The predicted molar refractivity (Wildman–Crippen MR) is 79.3 cm³/mol. The van der Waals surface area contributed by atoms with Gasteiger partial charge in [-0.1, -0.05) is 23.7 Å². The third-order valence-electron chi connectivity index (χ3n) is 2.66. The van der Waals surface area contributed by atoms with E-state index in [9.17, 15) is 4.79 Å². The van der Waals surface area contributed by atoms with Crippen molar-refractivity contribution in [2.24, 2.45) is 0 Å². The van der Waals surface area contributed by atoms with Crippen molar-refractivity contribution in [1.29, 1.82) is 0 Å². The topological polar surface area (TPSA) is 42.0 Å². The second-order valence-corrected chi connectivity index (χ2v) is 5.49. The Morgan fingerprint density at radius 2 is 2.16 bits per heavy atom. The van der Waals surface area contributed by atoms with Crippen molar-refractivity contribution in [3.63, 3.8) is 0 Å². The second kappa shape index (κ2) is 6.17. The third kappa shape index (κ3) is 3.78. The molecule has 0 saturated heterocycles. The van der Waals surface area contributed by atoms with Crippen LogP contribution in [0, 0.1) is 0 Å². The van der Waals surface area contributed by atoms with Crippen LogP contribution in [0.3, 0.4) is 0 Å². The number of rotatable bonds is 3. The number of halogens is 2. The molecule has 19 heavy (non-hydrogen) atoms. The molecule has 3 nitrogen and oxygen atoms in total. The van der Waals surface area contributed by atoms with Gasteiger partial charge in [-0.2, -0.15) is 0 Å². The van der Waals surface area contributed by atoms with Crippen LogP contribution in [0.4, 0.5) is 0 Å². The number of hydrogen-bond acceptors (Lipinski definition) is 2. The quantitative estimate of drug-likeness (QED) is 0.918. The molecule has 0 aliphatic carbocycles. The minimum absolute atomic E-state index is 0.120. The molecule has 0 aliphatic rings. The normalized spacial score (nSPS) is 11.9. The number of carbonyl (C=O) groups excluding carboxylic acids is 1. The minimum Gasteiger partial charge on any atom is -0.345 e. The van der Waals surface area contributed by atoms with Crippen LogP contribution in [-0.4, -0.2) is 10.9 Å². The van der Waals surface area contributed by atoms with Crippen LogP contribution < -0.4 is 5.32 Å². The van der Waals surface area contributed by atoms with Gasteiger partial charge in [-0.15, -0.1) is 0 Å². The monoisotopic (exact) mass is 338 g/mol. The fourth-order valence-electron chi connectivity index (χ4n) is 1.68. The van der Waals surface area contributed by atoms with Crippen molar-refractivity contribution < 1.29 is 4.79 Å². The van der Waals surface area contributed by atoms with E-state index in [1.54, 1.807) is 18.3 Å². The molecule has 0 spiro atoms. The Kier molecular flexibility index (Phi) is 4.56. The molecule has 0 radical (unpaired) electrons. The van der Waals surface area contributed by atoms with Crippen molar-refractivity contribution in [2.45, 2.75) is 13.0 Å². The highest BCUT2D eigenvalue weighted by atomic mass is 79.9. The zero-order chi connectivity index (χ0) is 13.8. The largest absolute Gasteiger partial charge is 0.345 e. The average molecular weight is 340 g/mol. The van der Waals surface area contributed by atoms with E-state index in [1.165, 1.54) is 6.20 Å². The Balaban J connectivity index is 2.11. The highest BCUT2D eigenvalue weighted by molar-refractivity contribution is 9.10.